The SMILES string of the molecule is CC1=CC(=O)[C@@H]2C[C@@H]3C(=CCn4c(=O)n(C)c(=O)n43)[C@H](c3ccccc3OCCO)[C@]2(C)C1=O. The number of ether oxygens (including phenoxy) is 1. The van der Waals surface area contributed by atoms with E-state index in [1.807, 2.05) is 31.2 Å². The van der Waals surface area contributed by atoms with Crippen LogP contribution < -0.4 is 16.1 Å². The van der Waals surface area contributed by atoms with E-state index in [2.05, 4.69) is 0 Å². The van der Waals surface area contributed by atoms with Gasteiger partial charge in [-0.3, -0.25) is 9.59 Å². The number of nitrogens with zero attached hydrogens (tertiary/aromatic N) is 3. The van der Waals surface area contributed by atoms with Gasteiger partial charge < -0.3 is 9.84 Å². The van der Waals surface area contributed by atoms with Crippen LogP contribution in [0.1, 0.15) is 37.8 Å². The van der Waals surface area contributed by atoms with Gasteiger partial charge in [0.25, 0.3) is 0 Å². The minimum atomic E-state index is -1.09. The topological polar surface area (TPSA) is 113 Å². The Labute approximate surface area is 195 Å². The number of carbonyl (C=O) groups excluding carboxylic acids is 2. The molecule has 0 amide bonds. The molecular formula is C25H27N3O6. The van der Waals surface area contributed by atoms with E-state index in [1.165, 1.54) is 22.5 Å². The predicted octanol–water partition coefficient (Wildman–Crippen LogP) is 1.11. The molecule has 1 aromatic carbocycles. The molecule has 9 heteroatoms. The molecule has 3 aliphatic rings. The molecule has 1 saturated carbocycles. The fourth-order valence-electron chi connectivity index (χ4n) is 6.12. The van der Waals surface area contributed by atoms with Crippen molar-refractivity contribution in [1.29, 1.82) is 0 Å². The number of hydrogen-bond acceptors (Lipinski definition) is 6. The van der Waals surface area contributed by atoms with Crippen LogP contribution in [-0.4, -0.2) is 43.8 Å². The van der Waals surface area contributed by atoms with Gasteiger partial charge in [0.1, 0.15) is 12.4 Å². The van der Waals surface area contributed by atoms with Crippen molar-refractivity contribution in [3.63, 3.8) is 0 Å². The molecule has 2 aromatic rings. The van der Waals surface area contributed by atoms with E-state index >= 15 is 0 Å². The van der Waals surface area contributed by atoms with Gasteiger partial charge >= 0.3 is 11.4 Å². The maximum Gasteiger partial charge on any atom is 0.347 e. The summed E-state index contributed by atoms with van der Waals surface area (Å²) < 4.78 is 9.72. The summed E-state index contributed by atoms with van der Waals surface area (Å²) in [7, 11) is 1.44. The zero-order valence-electron chi connectivity index (χ0n) is 19.4. The summed E-state index contributed by atoms with van der Waals surface area (Å²) >= 11 is 0. The maximum atomic E-state index is 13.7. The van der Waals surface area contributed by atoms with Crippen LogP contribution in [0, 0.1) is 11.3 Å². The highest BCUT2D eigenvalue weighted by molar-refractivity contribution is 6.13. The molecule has 1 N–H and O–H groups in total. The molecule has 5 rings (SSSR count). The van der Waals surface area contributed by atoms with E-state index in [-0.39, 0.29) is 37.7 Å². The number of aliphatic hydroxyl groups excluding tert-OH is 1. The summed E-state index contributed by atoms with van der Waals surface area (Å²) in [5.74, 6) is -0.973. The third-order valence-corrected chi connectivity index (χ3v) is 7.68. The van der Waals surface area contributed by atoms with Gasteiger partial charge in [0.05, 0.1) is 24.6 Å². The van der Waals surface area contributed by atoms with Crippen LogP contribution >= 0.6 is 0 Å². The molecule has 4 atom stereocenters. The second-order valence-electron chi connectivity index (χ2n) is 9.44. The molecule has 0 unspecified atom stereocenters. The van der Waals surface area contributed by atoms with Gasteiger partial charge in [-0.1, -0.05) is 31.2 Å². The lowest BCUT2D eigenvalue weighted by molar-refractivity contribution is -0.139. The van der Waals surface area contributed by atoms with Crippen LogP contribution in [0.5, 0.6) is 5.75 Å². The highest BCUT2D eigenvalue weighted by atomic mass is 16.5. The Kier molecular flexibility index (Phi) is 5.12. The Balaban J connectivity index is 1.78. The van der Waals surface area contributed by atoms with Gasteiger partial charge in [-0.2, -0.15) is 0 Å². The highest BCUT2D eigenvalue weighted by Crippen LogP contribution is 2.60. The summed E-state index contributed by atoms with van der Waals surface area (Å²) in [4.78, 5) is 52.7. The summed E-state index contributed by atoms with van der Waals surface area (Å²) in [6, 6.07) is 6.74. The number of hydrogen-bond donors (Lipinski definition) is 1. The van der Waals surface area contributed by atoms with E-state index in [0.717, 1.165) is 15.7 Å². The van der Waals surface area contributed by atoms with Crippen LogP contribution in [0.3, 0.4) is 0 Å². The number of fused-ring (bicyclic) bond motifs is 4. The lowest BCUT2D eigenvalue weighted by atomic mass is 9.51. The summed E-state index contributed by atoms with van der Waals surface area (Å²) in [6.07, 6.45) is 3.56. The number of ketones is 2. The zero-order valence-corrected chi connectivity index (χ0v) is 19.4. The van der Waals surface area contributed by atoms with Crippen LogP contribution in [-0.2, 0) is 23.2 Å². The predicted molar refractivity (Wildman–Crippen MR) is 123 cm³/mol. The van der Waals surface area contributed by atoms with Crippen molar-refractivity contribution >= 4 is 11.6 Å². The number of aromatic nitrogens is 3. The van der Waals surface area contributed by atoms with Crippen LogP contribution in [0.4, 0.5) is 0 Å². The van der Waals surface area contributed by atoms with Crippen molar-refractivity contribution in [3.8, 4) is 5.75 Å². The molecule has 1 fully saturated rings. The molecule has 9 nitrogen and oxygen atoms in total. The molecule has 0 saturated heterocycles. The number of allylic oxidation sites excluding steroid dienone is 4. The minimum absolute atomic E-state index is 0.0792. The normalized spacial score (nSPS) is 27.9. The number of aliphatic hydroxyl groups is 1. The largest absolute Gasteiger partial charge is 0.491 e. The first-order chi connectivity index (χ1) is 16.2. The average molecular weight is 466 g/mol. The Morgan fingerprint density at radius 2 is 1.88 bits per heavy atom. The number of benzene rings is 1. The maximum absolute atomic E-state index is 13.7. The molecule has 1 aliphatic heterocycles. The molecular weight excluding hydrogens is 438 g/mol. The number of para-hydroxylation sites is 1. The zero-order chi connectivity index (χ0) is 24.4. The van der Waals surface area contributed by atoms with E-state index in [0.29, 0.717) is 11.3 Å². The van der Waals surface area contributed by atoms with Crippen LogP contribution in [0.15, 0.2) is 57.2 Å². The molecule has 178 valence electrons. The number of rotatable bonds is 4. The van der Waals surface area contributed by atoms with Gasteiger partial charge in [-0.05, 0) is 36.6 Å². The second kappa shape index (κ2) is 7.80. The van der Waals surface area contributed by atoms with E-state index in [9.17, 15) is 24.3 Å². The van der Waals surface area contributed by atoms with Crippen molar-refractivity contribution in [2.45, 2.75) is 38.8 Å². The first kappa shape index (κ1) is 22.3. The van der Waals surface area contributed by atoms with Crippen molar-refractivity contribution in [2.24, 2.45) is 18.4 Å². The summed E-state index contributed by atoms with van der Waals surface area (Å²) in [5.41, 5.74) is -0.00567. The van der Waals surface area contributed by atoms with Crippen LogP contribution in [0.2, 0.25) is 0 Å². The number of carbonyl (C=O) groups is 2. The average Bonchev–Trinajstić information content (AvgIpc) is 3.05. The molecule has 2 aliphatic carbocycles. The monoisotopic (exact) mass is 465 g/mol. The molecule has 0 radical (unpaired) electrons. The van der Waals surface area contributed by atoms with Gasteiger partial charge in [0.2, 0.25) is 0 Å². The van der Waals surface area contributed by atoms with Crippen molar-refractivity contribution in [1.82, 2.24) is 13.9 Å². The van der Waals surface area contributed by atoms with E-state index in [1.54, 1.807) is 13.0 Å². The molecule has 1 aromatic heterocycles. The van der Waals surface area contributed by atoms with Crippen molar-refractivity contribution in [2.75, 3.05) is 13.2 Å². The fraction of sp³-hybridized carbons (Fsp3) is 0.440. The van der Waals surface area contributed by atoms with Crippen LogP contribution in [0.25, 0.3) is 0 Å². The van der Waals surface area contributed by atoms with Gasteiger partial charge in [-0.25, -0.2) is 23.5 Å². The first-order valence-corrected chi connectivity index (χ1v) is 11.4. The Bertz CT molecular complexity index is 1390. The highest BCUT2D eigenvalue weighted by Gasteiger charge is 2.59. The Morgan fingerprint density at radius 1 is 1.15 bits per heavy atom. The lowest BCUT2D eigenvalue weighted by Crippen LogP contribution is -2.54. The quantitative estimate of drug-likeness (QED) is 0.677. The smallest absolute Gasteiger partial charge is 0.347 e. The molecule has 0 bridgehead atoms. The fourth-order valence-corrected chi connectivity index (χ4v) is 6.12. The lowest BCUT2D eigenvalue weighted by Gasteiger charge is -2.52. The third kappa shape index (κ3) is 2.89. The van der Waals surface area contributed by atoms with Gasteiger partial charge in [0.15, 0.2) is 11.6 Å². The third-order valence-electron chi connectivity index (χ3n) is 7.68. The molecule has 0 spiro atoms. The summed E-state index contributed by atoms with van der Waals surface area (Å²) in [5, 5.41) is 9.32. The second-order valence-corrected chi connectivity index (χ2v) is 9.44. The Morgan fingerprint density at radius 3 is 2.62 bits per heavy atom. The van der Waals surface area contributed by atoms with Gasteiger partial charge in [0, 0.05) is 24.4 Å². The van der Waals surface area contributed by atoms with E-state index < -0.39 is 34.7 Å². The van der Waals surface area contributed by atoms with E-state index in [4.69, 9.17) is 4.74 Å². The first-order valence-electron chi connectivity index (χ1n) is 11.4. The molecule has 34 heavy (non-hydrogen) atoms. The van der Waals surface area contributed by atoms with Crippen molar-refractivity contribution < 1.29 is 19.4 Å². The Hall–Kier alpha value is -3.46. The summed E-state index contributed by atoms with van der Waals surface area (Å²) in [6.45, 7) is 3.58. The van der Waals surface area contributed by atoms with Gasteiger partial charge in [-0.15, -0.1) is 0 Å². The molecule has 2 heterocycles. The van der Waals surface area contributed by atoms with Crippen molar-refractivity contribution in [3.05, 3.63) is 74.1 Å². The minimum Gasteiger partial charge on any atom is -0.491 e. The number of Topliss-reactive ketones (excluding diaryl/α,β-unsaturated/α-hetero) is 1. The standard InChI is InChI=1S/C25H27N3O6/c1-14-12-19(30)17-13-18-15(8-9-27-23(32)26(3)24(33)28(18)27)21(25(17,2)22(14)31)16-6-4-5-7-20(16)34-11-10-29/h4-8,12,17-18,21,29H,9-11,13H2,1-3H3/t17-,18+,21+,25+/m0/s1.